The molecule has 106 valence electrons. The van der Waals surface area contributed by atoms with Crippen LogP contribution in [0.15, 0.2) is 40.9 Å². The van der Waals surface area contributed by atoms with Crippen molar-refractivity contribution in [3.8, 4) is 5.75 Å². The third-order valence-corrected chi connectivity index (χ3v) is 4.11. The molecule has 0 aliphatic rings. The van der Waals surface area contributed by atoms with Crippen LogP contribution in [0.2, 0.25) is 5.02 Å². The van der Waals surface area contributed by atoms with Gasteiger partial charge in [0.2, 0.25) is 0 Å². The molecule has 1 unspecified atom stereocenters. The van der Waals surface area contributed by atoms with Crippen LogP contribution in [-0.4, -0.2) is 12.2 Å². The molecule has 2 rings (SSSR count). The monoisotopic (exact) mass is 354 g/mol. The molecule has 2 aromatic carbocycles. The van der Waals surface area contributed by atoms with Crippen molar-refractivity contribution in [1.29, 1.82) is 0 Å². The van der Waals surface area contributed by atoms with E-state index in [-0.39, 0.29) is 0 Å². The Kier molecular flexibility index (Phi) is 5.08. The van der Waals surface area contributed by atoms with Crippen molar-refractivity contribution >= 4 is 27.5 Å². The minimum atomic E-state index is -0.622. The average Bonchev–Trinajstić information content (AvgIpc) is 2.38. The van der Waals surface area contributed by atoms with E-state index in [1.807, 2.05) is 43.3 Å². The van der Waals surface area contributed by atoms with Crippen LogP contribution in [-0.2, 0) is 6.42 Å². The first-order valence-electron chi connectivity index (χ1n) is 6.28. The predicted molar refractivity (Wildman–Crippen MR) is 85.5 cm³/mol. The zero-order valence-electron chi connectivity index (χ0n) is 11.4. The first-order chi connectivity index (χ1) is 9.51. The van der Waals surface area contributed by atoms with Gasteiger partial charge in [0, 0.05) is 11.4 Å². The number of ether oxygens (including phenoxy) is 1. The molecule has 0 aliphatic heterocycles. The molecule has 2 nitrogen and oxygen atoms in total. The summed E-state index contributed by atoms with van der Waals surface area (Å²) in [6.07, 6.45) is -0.117. The summed E-state index contributed by atoms with van der Waals surface area (Å²) in [6, 6.07) is 11.5. The highest BCUT2D eigenvalue weighted by Crippen LogP contribution is 2.30. The smallest absolute Gasteiger partial charge is 0.133 e. The lowest BCUT2D eigenvalue weighted by Crippen LogP contribution is -2.03. The fourth-order valence-corrected chi connectivity index (χ4v) is 3.02. The highest BCUT2D eigenvalue weighted by molar-refractivity contribution is 9.10. The lowest BCUT2D eigenvalue weighted by atomic mass is 10.0. The van der Waals surface area contributed by atoms with Crippen LogP contribution < -0.4 is 4.74 Å². The van der Waals surface area contributed by atoms with Gasteiger partial charge in [0.05, 0.1) is 17.7 Å². The maximum absolute atomic E-state index is 10.3. The maximum atomic E-state index is 10.3. The van der Waals surface area contributed by atoms with Gasteiger partial charge in [-0.3, -0.25) is 0 Å². The van der Waals surface area contributed by atoms with E-state index < -0.39 is 6.10 Å². The van der Waals surface area contributed by atoms with Gasteiger partial charge in [-0.1, -0.05) is 29.8 Å². The SMILES string of the molecule is COc1ccc(CC(O)c2ccc(C)cc2Cl)cc1Br. The van der Waals surface area contributed by atoms with Crippen LogP contribution in [0.25, 0.3) is 0 Å². The number of aliphatic hydroxyl groups excluding tert-OH is 1. The lowest BCUT2D eigenvalue weighted by molar-refractivity contribution is 0.178. The Morgan fingerprint density at radius 2 is 2.00 bits per heavy atom. The molecule has 0 aromatic heterocycles. The van der Waals surface area contributed by atoms with Crippen molar-refractivity contribution in [2.45, 2.75) is 19.4 Å². The Morgan fingerprint density at radius 3 is 2.60 bits per heavy atom. The standard InChI is InChI=1S/C16H16BrClO2/c1-10-3-5-12(14(18)7-10)15(19)9-11-4-6-16(20-2)13(17)8-11/h3-8,15,19H,9H2,1-2H3. The molecule has 1 atom stereocenters. The molecular formula is C16H16BrClO2. The van der Waals surface area contributed by atoms with E-state index in [1.165, 1.54) is 0 Å². The number of benzene rings is 2. The summed E-state index contributed by atoms with van der Waals surface area (Å²) >= 11 is 9.63. The minimum absolute atomic E-state index is 0.505. The molecule has 0 bridgehead atoms. The summed E-state index contributed by atoms with van der Waals surface area (Å²) < 4.78 is 6.07. The van der Waals surface area contributed by atoms with E-state index in [4.69, 9.17) is 16.3 Å². The topological polar surface area (TPSA) is 29.5 Å². The molecule has 20 heavy (non-hydrogen) atoms. The number of rotatable bonds is 4. The molecule has 1 N–H and O–H groups in total. The Labute approximate surface area is 132 Å². The van der Waals surface area contributed by atoms with Crippen LogP contribution in [0, 0.1) is 6.92 Å². The van der Waals surface area contributed by atoms with E-state index in [2.05, 4.69) is 15.9 Å². The third kappa shape index (κ3) is 3.54. The molecule has 0 aliphatic carbocycles. The fraction of sp³-hybridized carbons (Fsp3) is 0.250. The summed E-state index contributed by atoms with van der Waals surface area (Å²) in [5.74, 6) is 0.775. The van der Waals surface area contributed by atoms with Gasteiger partial charge in [-0.05, 0) is 57.7 Å². The molecule has 0 fully saturated rings. The summed E-state index contributed by atoms with van der Waals surface area (Å²) in [5.41, 5.74) is 2.85. The fourth-order valence-electron chi connectivity index (χ4n) is 2.07. The number of aryl methyl sites for hydroxylation is 1. The molecule has 0 saturated heterocycles. The molecule has 0 spiro atoms. The summed E-state index contributed by atoms with van der Waals surface area (Å²) in [7, 11) is 1.63. The zero-order valence-corrected chi connectivity index (χ0v) is 13.7. The van der Waals surface area contributed by atoms with Gasteiger partial charge in [0.15, 0.2) is 0 Å². The van der Waals surface area contributed by atoms with Crippen LogP contribution in [0.1, 0.15) is 22.8 Å². The lowest BCUT2D eigenvalue weighted by Gasteiger charge is -2.14. The molecule has 0 amide bonds. The first-order valence-corrected chi connectivity index (χ1v) is 7.45. The Hall–Kier alpha value is -1.03. The highest BCUT2D eigenvalue weighted by Gasteiger charge is 2.13. The minimum Gasteiger partial charge on any atom is -0.496 e. The second-order valence-corrected chi connectivity index (χ2v) is 5.98. The number of halogens is 2. The van der Waals surface area contributed by atoms with Gasteiger partial charge < -0.3 is 9.84 Å². The second kappa shape index (κ2) is 6.61. The first kappa shape index (κ1) is 15.4. The molecule has 2 aromatic rings. The van der Waals surface area contributed by atoms with Gasteiger partial charge >= 0.3 is 0 Å². The summed E-state index contributed by atoms with van der Waals surface area (Å²) in [5, 5.41) is 10.9. The highest BCUT2D eigenvalue weighted by atomic mass is 79.9. The van der Waals surface area contributed by atoms with Crippen LogP contribution in [0.3, 0.4) is 0 Å². The number of hydrogen-bond acceptors (Lipinski definition) is 2. The van der Waals surface area contributed by atoms with Gasteiger partial charge in [-0.25, -0.2) is 0 Å². The molecular weight excluding hydrogens is 340 g/mol. The Morgan fingerprint density at radius 1 is 1.25 bits per heavy atom. The molecule has 0 heterocycles. The summed E-state index contributed by atoms with van der Waals surface area (Å²) in [6.45, 7) is 1.97. The zero-order chi connectivity index (χ0) is 14.7. The van der Waals surface area contributed by atoms with Crippen molar-refractivity contribution in [3.63, 3.8) is 0 Å². The number of aliphatic hydroxyl groups is 1. The van der Waals surface area contributed by atoms with Gasteiger partial charge in [0.25, 0.3) is 0 Å². The number of hydrogen-bond donors (Lipinski definition) is 1. The van der Waals surface area contributed by atoms with Crippen molar-refractivity contribution in [1.82, 2.24) is 0 Å². The third-order valence-electron chi connectivity index (χ3n) is 3.16. The van der Waals surface area contributed by atoms with Crippen LogP contribution in [0.4, 0.5) is 0 Å². The average molecular weight is 356 g/mol. The van der Waals surface area contributed by atoms with E-state index in [0.717, 1.165) is 26.9 Å². The summed E-state index contributed by atoms with van der Waals surface area (Å²) in [4.78, 5) is 0. The molecule has 0 radical (unpaired) electrons. The second-order valence-electron chi connectivity index (χ2n) is 4.71. The predicted octanol–water partition coefficient (Wildman–Crippen LogP) is 4.70. The largest absolute Gasteiger partial charge is 0.496 e. The normalized spacial score (nSPS) is 12.2. The van der Waals surface area contributed by atoms with Gasteiger partial charge in [0.1, 0.15) is 5.75 Å². The van der Waals surface area contributed by atoms with Crippen LogP contribution >= 0.6 is 27.5 Å². The molecule has 0 saturated carbocycles. The van der Waals surface area contributed by atoms with Crippen molar-refractivity contribution in [3.05, 3.63) is 62.6 Å². The molecule has 4 heteroatoms. The van der Waals surface area contributed by atoms with E-state index in [1.54, 1.807) is 7.11 Å². The Balaban J connectivity index is 2.18. The van der Waals surface area contributed by atoms with Crippen molar-refractivity contribution in [2.24, 2.45) is 0 Å². The maximum Gasteiger partial charge on any atom is 0.133 e. The quantitative estimate of drug-likeness (QED) is 0.861. The Bertz CT molecular complexity index is 613. The van der Waals surface area contributed by atoms with Gasteiger partial charge in [-0.15, -0.1) is 0 Å². The van der Waals surface area contributed by atoms with Gasteiger partial charge in [-0.2, -0.15) is 0 Å². The van der Waals surface area contributed by atoms with E-state index in [0.29, 0.717) is 11.4 Å². The number of methoxy groups -OCH3 is 1. The van der Waals surface area contributed by atoms with Crippen molar-refractivity contribution < 1.29 is 9.84 Å². The van der Waals surface area contributed by atoms with E-state index >= 15 is 0 Å². The van der Waals surface area contributed by atoms with Crippen molar-refractivity contribution in [2.75, 3.05) is 7.11 Å². The van der Waals surface area contributed by atoms with Crippen LogP contribution in [0.5, 0.6) is 5.75 Å². The van der Waals surface area contributed by atoms with E-state index in [9.17, 15) is 5.11 Å².